The smallest absolute Gasteiger partial charge is 0.197 e. The Labute approximate surface area is 112 Å². The highest BCUT2D eigenvalue weighted by Crippen LogP contribution is 2.20. The molecule has 0 saturated heterocycles. The predicted molar refractivity (Wildman–Crippen MR) is 68.3 cm³/mol. The van der Waals surface area contributed by atoms with E-state index in [2.05, 4.69) is 20.9 Å². The summed E-state index contributed by atoms with van der Waals surface area (Å²) < 4.78 is 19.3. The fourth-order valence-electron chi connectivity index (χ4n) is 1.50. The maximum absolute atomic E-state index is 13.7. The molecule has 1 aromatic carbocycles. The molecule has 92 valence electrons. The Balaban J connectivity index is 2.40. The van der Waals surface area contributed by atoms with Crippen molar-refractivity contribution in [2.45, 2.75) is 0 Å². The van der Waals surface area contributed by atoms with Crippen LogP contribution in [0.5, 0.6) is 5.75 Å². The van der Waals surface area contributed by atoms with Gasteiger partial charge in [-0.3, -0.25) is 9.78 Å². The Morgan fingerprint density at radius 3 is 2.72 bits per heavy atom. The molecule has 2 rings (SSSR count). The van der Waals surface area contributed by atoms with Crippen LogP contribution in [0.3, 0.4) is 0 Å². The van der Waals surface area contributed by atoms with Gasteiger partial charge in [0, 0.05) is 28.5 Å². The maximum atomic E-state index is 13.7. The highest BCUT2D eigenvalue weighted by Gasteiger charge is 2.15. The van der Waals surface area contributed by atoms with Crippen molar-refractivity contribution in [2.24, 2.45) is 0 Å². The molecule has 0 aliphatic rings. The van der Waals surface area contributed by atoms with Crippen molar-refractivity contribution >= 4 is 21.7 Å². The van der Waals surface area contributed by atoms with Crippen molar-refractivity contribution in [3.63, 3.8) is 0 Å². The van der Waals surface area contributed by atoms with Gasteiger partial charge in [0.15, 0.2) is 5.78 Å². The number of hydrogen-bond donors (Lipinski definition) is 0. The molecule has 0 spiro atoms. The average Bonchev–Trinajstić information content (AvgIpc) is 2.37. The zero-order valence-corrected chi connectivity index (χ0v) is 11.1. The second kappa shape index (κ2) is 5.27. The van der Waals surface area contributed by atoms with E-state index in [-0.39, 0.29) is 5.56 Å². The maximum Gasteiger partial charge on any atom is 0.197 e. The Morgan fingerprint density at radius 1 is 1.33 bits per heavy atom. The van der Waals surface area contributed by atoms with Crippen LogP contribution in [0.25, 0.3) is 0 Å². The minimum absolute atomic E-state index is 0.00398. The highest BCUT2D eigenvalue weighted by atomic mass is 79.9. The lowest BCUT2D eigenvalue weighted by Gasteiger charge is -2.05. The van der Waals surface area contributed by atoms with Crippen LogP contribution in [0.1, 0.15) is 15.9 Å². The third-order valence-corrected chi connectivity index (χ3v) is 2.82. The van der Waals surface area contributed by atoms with Gasteiger partial charge in [-0.25, -0.2) is 4.39 Å². The number of nitrogens with zero attached hydrogens (tertiary/aromatic N) is 1. The van der Waals surface area contributed by atoms with Gasteiger partial charge in [0.1, 0.15) is 11.6 Å². The van der Waals surface area contributed by atoms with Crippen LogP contribution < -0.4 is 4.74 Å². The number of rotatable bonds is 3. The lowest BCUT2D eigenvalue weighted by molar-refractivity contribution is 0.103. The molecule has 0 fully saturated rings. The summed E-state index contributed by atoms with van der Waals surface area (Å²) >= 11 is 3.22. The summed E-state index contributed by atoms with van der Waals surface area (Å²) in [6, 6.07) is 5.72. The molecule has 0 aliphatic carbocycles. The third-order valence-electron chi connectivity index (χ3n) is 2.39. The zero-order chi connectivity index (χ0) is 13.1. The molecular formula is C13H9BrFNO2. The van der Waals surface area contributed by atoms with E-state index in [4.69, 9.17) is 4.74 Å². The van der Waals surface area contributed by atoms with Crippen LogP contribution >= 0.6 is 15.9 Å². The molecular weight excluding hydrogens is 301 g/mol. The molecule has 2 aromatic rings. The van der Waals surface area contributed by atoms with E-state index < -0.39 is 11.6 Å². The first kappa shape index (κ1) is 12.7. The van der Waals surface area contributed by atoms with Gasteiger partial charge in [-0.05, 0) is 34.1 Å². The molecule has 0 aliphatic heterocycles. The SMILES string of the molecule is COc1ccc(C(=O)c2cncc(Br)c2)c(F)c1. The van der Waals surface area contributed by atoms with Crippen molar-refractivity contribution in [1.29, 1.82) is 0 Å². The normalized spacial score (nSPS) is 10.2. The van der Waals surface area contributed by atoms with E-state index in [0.717, 1.165) is 0 Å². The Morgan fingerprint density at radius 2 is 2.11 bits per heavy atom. The molecule has 5 heteroatoms. The van der Waals surface area contributed by atoms with E-state index in [9.17, 15) is 9.18 Å². The first-order valence-corrected chi connectivity index (χ1v) is 5.90. The standard InChI is InChI=1S/C13H9BrFNO2/c1-18-10-2-3-11(12(15)5-10)13(17)8-4-9(14)7-16-6-8/h2-7H,1H3. The van der Waals surface area contributed by atoms with Crippen molar-refractivity contribution in [2.75, 3.05) is 7.11 Å². The van der Waals surface area contributed by atoms with Crippen LogP contribution in [0, 0.1) is 5.82 Å². The predicted octanol–water partition coefficient (Wildman–Crippen LogP) is 3.22. The van der Waals surface area contributed by atoms with Crippen molar-refractivity contribution in [3.8, 4) is 5.75 Å². The van der Waals surface area contributed by atoms with E-state index in [0.29, 0.717) is 15.8 Å². The molecule has 0 saturated carbocycles. The van der Waals surface area contributed by atoms with Gasteiger partial charge in [0.2, 0.25) is 0 Å². The summed E-state index contributed by atoms with van der Waals surface area (Å²) in [7, 11) is 1.44. The van der Waals surface area contributed by atoms with Gasteiger partial charge in [0.05, 0.1) is 12.7 Å². The summed E-state index contributed by atoms with van der Waals surface area (Å²) in [5, 5.41) is 0. The first-order valence-electron chi connectivity index (χ1n) is 5.10. The van der Waals surface area contributed by atoms with E-state index in [1.54, 1.807) is 18.3 Å². The number of pyridine rings is 1. The summed E-state index contributed by atoms with van der Waals surface area (Å²) in [5.74, 6) is -0.653. The lowest BCUT2D eigenvalue weighted by Crippen LogP contribution is -2.05. The molecule has 0 unspecified atom stereocenters. The number of carbonyl (C=O) groups is 1. The Bertz CT molecular complexity index is 601. The number of halogens is 2. The fraction of sp³-hybridized carbons (Fsp3) is 0.0769. The molecule has 1 heterocycles. The van der Waals surface area contributed by atoms with Gasteiger partial charge in [0.25, 0.3) is 0 Å². The summed E-state index contributed by atoms with van der Waals surface area (Å²) in [5.41, 5.74) is 0.323. The lowest BCUT2D eigenvalue weighted by atomic mass is 10.0. The summed E-state index contributed by atoms with van der Waals surface area (Å²) in [6.07, 6.45) is 2.96. The van der Waals surface area contributed by atoms with E-state index >= 15 is 0 Å². The highest BCUT2D eigenvalue weighted by molar-refractivity contribution is 9.10. The van der Waals surface area contributed by atoms with E-state index in [1.165, 1.54) is 25.4 Å². The number of carbonyl (C=O) groups excluding carboxylic acids is 1. The fourth-order valence-corrected chi connectivity index (χ4v) is 1.86. The Kier molecular flexibility index (Phi) is 3.72. The van der Waals surface area contributed by atoms with Crippen LogP contribution in [0.4, 0.5) is 4.39 Å². The topological polar surface area (TPSA) is 39.2 Å². The summed E-state index contributed by atoms with van der Waals surface area (Å²) in [6.45, 7) is 0. The van der Waals surface area contributed by atoms with Crippen LogP contribution in [-0.2, 0) is 0 Å². The van der Waals surface area contributed by atoms with Crippen LogP contribution in [0.15, 0.2) is 41.1 Å². The third kappa shape index (κ3) is 2.56. The number of ketones is 1. The van der Waals surface area contributed by atoms with Gasteiger partial charge >= 0.3 is 0 Å². The number of ether oxygens (including phenoxy) is 1. The van der Waals surface area contributed by atoms with Crippen molar-refractivity contribution in [3.05, 3.63) is 58.1 Å². The molecule has 18 heavy (non-hydrogen) atoms. The van der Waals surface area contributed by atoms with Gasteiger partial charge in [-0.2, -0.15) is 0 Å². The first-order chi connectivity index (χ1) is 8.61. The molecule has 3 nitrogen and oxygen atoms in total. The number of methoxy groups -OCH3 is 1. The number of aromatic nitrogens is 1. The van der Waals surface area contributed by atoms with Crippen molar-refractivity contribution < 1.29 is 13.9 Å². The molecule has 0 amide bonds. The van der Waals surface area contributed by atoms with Crippen LogP contribution in [0.2, 0.25) is 0 Å². The second-order valence-electron chi connectivity index (χ2n) is 3.57. The minimum atomic E-state index is -0.612. The molecule has 0 radical (unpaired) electrons. The van der Waals surface area contributed by atoms with Crippen LogP contribution in [-0.4, -0.2) is 17.9 Å². The zero-order valence-electron chi connectivity index (χ0n) is 9.48. The van der Waals surface area contributed by atoms with Gasteiger partial charge in [-0.15, -0.1) is 0 Å². The second-order valence-corrected chi connectivity index (χ2v) is 4.48. The quantitative estimate of drug-likeness (QED) is 0.817. The van der Waals surface area contributed by atoms with Gasteiger partial charge < -0.3 is 4.74 Å². The van der Waals surface area contributed by atoms with E-state index in [1.807, 2.05) is 0 Å². The monoisotopic (exact) mass is 309 g/mol. The molecule has 1 aromatic heterocycles. The number of benzene rings is 1. The average molecular weight is 310 g/mol. The van der Waals surface area contributed by atoms with Gasteiger partial charge in [-0.1, -0.05) is 0 Å². The molecule has 0 atom stereocenters. The Hall–Kier alpha value is -1.75. The largest absolute Gasteiger partial charge is 0.497 e. The van der Waals surface area contributed by atoms with Crippen molar-refractivity contribution in [1.82, 2.24) is 4.98 Å². The molecule has 0 bridgehead atoms. The summed E-state index contributed by atoms with van der Waals surface area (Å²) in [4.78, 5) is 16.0. The number of hydrogen-bond acceptors (Lipinski definition) is 3. The molecule has 0 N–H and O–H groups in total. The minimum Gasteiger partial charge on any atom is -0.497 e.